The van der Waals surface area contributed by atoms with Gasteiger partial charge >= 0.3 is 0 Å². The first-order valence-electron chi connectivity index (χ1n) is 6.80. The summed E-state index contributed by atoms with van der Waals surface area (Å²) < 4.78 is 26.8. The average molecular weight is 251 g/mol. The Balaban J connectivity index is 1.64. The van der Waals surface area contributed by atoms with E-state index in [1.807, 2.05) is 6.92 Å². The van der Waals surface area contributed by atoms with Crippen LogP contribution < -0.4 is 5.32 Å². The van der Waals surface area contributed by atoms with Crippen molar-refractivity contribution < 1.29 is 8.78 Å². The summed E-state index contributed by atoms with van der Waals surface area (Å²) in [6, 6.07) is 4.27. The SMILES string of the molecule is CC(NCC1(C2CC2)CC1)c1cccc(F)c1F. The fourth-order valence-electron chi connectivity index (χ4n) is 2.91. The highest BCUT2D eigenvalue weighted by Gasteiger charge is 2.53. The van der Waals surface area contributed by atoms with Crippen molar-refractivity contribution >= 4 is 0 Å². The summed E-state index contributed by atoms with van der Waals surface area (Å²) in [5.41, 5.74) is 0.916. The van der Waals surface area contributed by atoms with Crippen LogP contribution >= 0.6 is 0 Å². The fraction of sp³-hybridized carbons (Fsp3) is 0.600. The first kappa shape index (κ1) is 12.1. The van der Waals surface area contributed by atoms with Gasteiger partial charge in [0, 0.05) is 18.2 Å². The van der Waals surface area contributed by atoms with E-state index in [0.29, 0.717) is 11.0 Å². The van der Waals surface area contributed by atoms with Crippen molar-refractivity contribution in [3.63, 3.8) is 0 Å². The van der Waals surface area contributed by atoms with Crippen molar-refractivity contribution in [1.29, 1.82) is 0 Å². The molecule has 98 valence electrons. The van der Waals surface area contributed by atoms with Crippen LogP contribution in [0.5, 0.6) is 0 Å². The number of hydrogen-bond acceptors (Lipinski definition) is 1. The molecule has 0 saturated heterocycles. The van der Waals surface area contributed by atoms with Gasteiger partial charge in [0.2, 0.25) is 0 Å². The van der Waals surface area contributed by atoms with Crippen LogP contribution in [-0.4, -0.2) is 6.54 Å². The van der Waals surface area contributed by atoms with E-state index in [1.165, 1.54) is 25.7 Å². The molecule has 0 aromatic heterocycles. The van der Waals surface area contributed by atoms with E-state index in [-0.39, 0.29) is 6.04 Å². The lowest BCUT2D eigenvalue weighted by atomic mass is 9.99. The summed E-state index contributed by atoms with van der Waals surface area (Å²) in [7, 11) is 0. The molecule has 3 heteroatoms. The highest BCUT2D eigenvalue weighted by atomic mass is 19.2. The molecular weight excluding hydrogens is 232 g/mol. The van der Waals surface area contributed by atoms with Crippen molar-refractivity contribution in [2.45, 2.75) is 38.6 Å². The zero-order valence-corrected chi connectivity index (χ0v) is 10.7. The molecule has 3 rings (SSSR count). The maximum Gasteiger partial charge on any atom is 0.163 e. The smallest absolute Gasteiger partial charge is 0.163 e. The number of halogens is 2. The van der Waals surface area contributed by atoms with E-state index in [4.69, 9.17) is 0 Å². The molecule has 1 aromatic rings. The molecule has 2 aliphatic rings. The summed E-state index contributed by atoms with van der Waals surface area (Å²) in [6.07, 6.45) is 5.29. The molecule has 1 aromatic carbocycles. The third-order valence-electron chi connectivity index (χ3n) is 4.54. The number of hydrogen-bond donors (Lipinski definition) is 1. The molecule has 1 atom stereocenters. The van der Waals surface area contributed by atoms with E-state index >= 15 is 0 Å². The highest BCUT2D eigenvalue weighted by molar-refractivity contribution is 5.22. The number of nitrogens with one attached hydrogen (secondary N) is 1. The molecule has 18 heavy (non-hydrogen) atoms. The highest BCUT2D eigenvalue weighted by Crippen LogP contribution is 2.60. The molecule has 1 unspecified atom stereocenters. The lowest BCUT2D eigenvalue weighted by Gasteiger charge is -2.20. The van der Waals surface area contributed by atoms with Crippen LogP contribution in [0.25, 0.3) is 0 Å². The van der Waals surface area contributed by atoms with Crippen molar-refractivity contribution in [3.8, 4) is 0 Å². The van der Waals surface area contributed by atoms with Crippen molar-refractivity contribution in [3.05, 3.63) is 35.4 Å². The second kappa shape index (κ2) is 4.30. The second-order valence-corrected chi connectivity index (χ2v) is 5.88. The minimum absolute atomic E-state index is 0.128. The van der Waals surface area contributed by atoms with Gasteiger partial charge in [0.25, 0.3) is 0 Å². The molecule has 1 N–H and O–H groups in total. The Bertz CT molecular complexity index is 450. The van der Waals surface area contributed by atoms with Crippen molar-refractivity contribution in [1.82, 2.24) is 5.32 Å². The first-order chi connectivity index (χ1) is 8.62. The van der Waals surface area contributed by atoms with Crippen LogP contribution in [0.15, 0.2) is 18.2 Å². The Morgan fingerprint density at radius 3 is 2.67 bits per heavy atom. The number of rotatable bonds is 5. The third kappa shape index (κ3) is 2.16. The van der Waals surface area contributed by atoms with Gasteiger partial charge in [-0.3, -0.25) is 0 Å². The maximum atomic E-state index is 13.6. The van der Waals surface area contributed by atoms with Gasteiger partial charge < -0.3 is 5.32 Å². The van der Waals surface area contributed by atoms with Crippen LogP contribution in [0.3, 0.4) is 0 Å². The van der Waals surface area contributed by atoms with Gasteiger partial charge in [-0.25, -0.2) is 8.78 Å². The van der Waals surface area contributed by atoms with E-state index in [2.05, 4.69) is 5.32 Å². The Hall–Kier alpha value is -0.960. The van der Waals surface area contributed by atoms with Gasteiger partial charge in [0.15, 0.2) is 11.6 Å². The van der Waals surface area contributed by atoms with Gasteiger partial charge in [-0.2, -0.15) is 0 Å². The van der Waals surface area contributed by atoms with E-state index in [0.717, 1.165) is 18.5 Å². The van der Waals surface area contributed by atoms with Crippen LogP contribution in [0.4, 0.5) is 8.78 Å². The van der Waals surface area contributed by atoms with Crippen LogP contribution in [0.2, 0.25) is 0 Å². The van der Waals surface area contributed by atoms with Crippen molar-refractivity contribution in [2.24, 2.45) is 11.3 Å². The quantitative estimate of drug-likeness (QED) is 0.839. The summed E-state index contributed by atoms with van der Waals surface area (Å²) in [5.74, 6) is -0.590. The summed E-state index contributed by atoms with van der Waals surface area (Å²) in [6.45, 7) is 2.84. The van der Waals surface area contributed by atoms with Gasteiger partial charge in [0.05, 0.1) is 0 Å². The van der Waals surface area contributed by atoms with Gasteiger partial charge in [0.1, 0.15) is 0 Å². The normalized spacial score (nSPS) is 22.8. The Morgan fingerprint density at radius 2 is 2.06 bits per heavy atom. The summed E-state index contributed by atoms with van der Waals surface area (Å²) >= 11 is 0. The lowest BCUT2D eigenvalue weighted by Crippen LogP contribution is -2.28. The predicted molar refractivity (Wildman–Crippen MR) is 67.2 cm³/mol. The molecular formula is C15H19F2N. The van der Waals surface area contributed by atoms with Crippen LogP contribution in [0.1, 0.15) is 44.2 Å². The minimum Gasteiger partial charge on any atom is -0.310 e. The van der Waals surface area contributed by atoms with Gasteiger partial charge in [-0.15, -0.1) is 0 Å². The van der Waals surface area contributed by atoms with E-state index < -0.39 is 11.6 Å². The first-order valence-corrected chi connectivity index (χ1v) is 6.80. The van der Waals surface area contributed by atoms with Gasteiger partial charge in [-0.05, 0) is 50.0 Å². The Morgan fingerprint density at radius 1 is 1.33 bits per heavy atom. The van der Waals surface area contributed by atoms with Gasteiger partial charge in [-0.1, -0.05) is 12.1 Å². The second-order valence-electron chi connectivity index (χ2n) is 5.88. The minimum atomic E-state index is -0.760. The maximum absolute atomic E-state index is 13.6. The van der Waals surface area contributed by atoms with Crippen LogP contribution in [-0.2, 0) is 0 Å². The van der Waals surface area contributed by atoms with E-state index in [9.17, 15) is 8.78 Å². The number of benzene rings is 1. The predicted octanol–water partition coefficient (Wildman–Crippen LogP) is 3.81. The summed E-state index contributed by atoms with van der Waals surface area (Å²) in [5, 5.41) is 3.38. The largest absolute Gasteiger partial charge is 0.310 e. The molecule has 2 saturated carbocycles. The zero-order chi connectivity index (χ0) is 12.8. The standard InChI is InChI=1S/C15H19F2N/c1-10(12-3-2-4-13(16)14(12)17)18-9-15(7-8-15)11-5-6-11/h2-4,10-11,18H,5-9H2,1H3. The summed E-state index contributed by atoms with van der Waals surface area (Å²) in [4.78, 5) is 0. The monoisotopic (exact) mass is 251 g/mol. The molecule has 2 fully saturated rings. The molecule has 1 nitrogen and oxygen atoms in total. The molecule has 0 bridgehead atoms. The molecule has 2 aliphatic carbocycles. The zero-order valence-electron chi connectivity index (χ0n) is 10.7. The Labute approximate surface area is 107 Å². The molecule has 0 amide bonds. The lowest BCUT2D eigenvalue weighted by molar-refractivity contribution is 0.375. The third-order valence-corrected chi connectivity index (χ3v) is 4.54. The Kier molecular flexibility index (Phi) is 2.89. The van der Waals surface area contributed by atoms with E-state index in [1.54, 1.807) is 12.1 Å². The molecule has 0 aliphatic heterocycles. The fourth-order valence-corrected chi connectivity index (χ4v) is 2.91. The van der Waals surface area contributed by atoms with Crippen LogP contribution in [0, 0.1) is 23.0 Å². The molecule has 0 spiro atoms. The average Bonchev–Trinajstić information content (AvgIpc) is 3.22. The topological polar surface area (TPSA) is 12.0 Å². The molecule has 0 radical (unpaired) electrons. The molecule has 0 heterocycles. The van der Waals surface area contributed by atoms with Crippen molar-refractivity contribution in [2.75, 3.05) is 6.54 Å².